The quantitative estimate of drug-likeness (QED) is 0.712. The van der Waals surface area contributed by atoms with Gasteiger partial charge in [-0.2, -0.15) is 0 Å². The Morgan fingerprint density at radius 2 is 1.92 bits per heavy atom. The Labute approximate surface area is 162 Å². The fraction of sp³-hybridized carbons (Fsp3) is 0.316. The number of hydrogen-bond acceptors (Lipinski definition) is 5. The molecule has 7 heteroatoms. The van der Waals surface area contributed by atoms with Gasteiger partial charge in [0.1, 0.15) is 19.0 Å². The van der Waals surface area contributed by atoms with Crippen LogP contribution in [0.1, 0.15) is 6.92 Å². The normalized spacial score (nSPS) is 13.8. The number of amides is 1. The molecule has 0 saturated carbocycles. The summed E-state index contributed by atoms with van der Waals surface area (Å²) in [5.74, 6) is 2.78. The number of carbonyl (C=O) groups excluding carboxylic acids is 1. The predicted molar refractivity (Wildman–Crippen MR) is 105 cm³/mol. The van der Waals surface area contributed by atoms with Crippen molar-refractivity contribution >= 4 is 35.0 Å². The number of ether oxygens (including phenoxy) is 3. The van der Waals surface area contributed by atoms with Crippen LogP contribution < -0.4 is 19.5 Å². The molecule has 26 heavy (non-hydrogen) atoms. The average molecular weight is 394 g/mol. The van der Waals surface area contributed by atoms with Crippen molar-refractivity contribution in [1.29, 1.82) is 0 Å². The Kier molecular flexibility index (Phi) is 6.52. The SMILES string of the molecule is C[C@@H](SCCOc1ccc(Cl)cc1)C(=O)Nc1ccc2c(c1)OCCO2. The van der Waals surface area contributed by atoms with Crippen LogP contribution in [0.5, 0.6) is 17.2 Å². The van der Waals surface area contributed by atoms with Crippen molar-refractivity contribution in [2.45, 2.75) is 12.2 Å². The number of anilines is 1. The first kappa shape index (κ1) is 18.7. The summed E-state index contributed by atoms with van der Waals surface area (Å²) in [6.45, 7) is 3.46. The van der Waals surface area contributed by atoms with Gasteiger partial charge in [0.15, 0.2) is 11.5 Å². The Bertz CT molecular complexity index is 754. The van der Waals surface area contributed by atoms with Gasteiger partial charge in [0.2, 0.25) is 5.91 Å². The average Bonchev–Trinajstić information content (AvgIpc) is 2.66. The molecule has 3 rings (SSSR count). The van der Waals surface area contributed by atoms with E-state index < -0.39 is 0 Å². The monoisotopic (exact) mass is 393 g/mol. The Morgan fingerprint density at radius 3 is 2.69 bits per heavy atom. The lowest BCUT2D eigenvalue weighted by Crippen LogP contribution is -2.23. The lowest BCUT2D eigenvalue weighted by molar-refractivity contribution is -0.115. The highest BCUT2D eigenvalue weighted by atomic mass is 35.5. The van der Waals surface area contributed by atoms with Gasteiger partial charge >= 0.3 is 0 Å². The van der Waals surface area contributed by atoms with E-state index in [1.807, 2.05) is 31.2 Å². The van der Waals surface area contributed by atoms with Crippen LogP contribution in [0.2, 0.25) is 5.02 Å². The molecule has 0 fully saturated rings. The summed E-state index contributed by atoms with van der Waals surface area (Å²) >= 11 is 7.37. The maximum atomic E-state index is 12.3. The molecule has 0 aromatic heterocycles. The Morgan fingerprint density at radius 1 is 1.19 bits per heavy atom. The van der Waals surface area contributed by atoms with Crippen LogP contribution in [0.4, 0.5) is 5.69 Å². The predicted octanol–water partition coefficient (Wildman–Crippen LogP) is 4.25. The highest BCUT2D eigenvalue weighted by molar-refractivity contribution is 8.00. The minimum Gasteiger partial charge on any atom is -0.493 e. The van der Waals surface area contributed by atoms with Gasteiger partial charge in [0.05, 0.1) is 11.9 Å². The standard InChI is InChI=1S/C19H20ClNO4S/c1-13(26-11-10-23-16-5-2-14(20)3-6-16)19(22)21-15-4-7-17-18(12-15)25-9-8-24-17/h2-7,12-13H,8-11H2,1H3,(H,21,22)/t13-/m1/s1. The summed E-state index contributed by atoms with van der Waals surface area (Å²) in [4.78, 5) is 12.3. The summed E-state index contributed by atoms with van der Waals surface area (Å²) in [7, 11) is 0. The molecule has 1 atom stereocenters. The van der Waals surface area contributed by atoms with E-state index in [0.717, 1.165) is 5.75 Å². The molecule has 1 aliphatic heterocycles. The topological polar surface area (TPSA) is 56.8 Å². The third-order valence-corrected chi connectivity index (χ3v) is 5.08. The number of halogens is 1. The van der Waals surface area contributed by atoms with E-state index in [1.165, 1.54) is 11.8 Å². The molecule has 1 amide bonds. The van der Waals surface area contributed by atoms with Crippen LogP contribution in [-0.4, -0.2) is 36.7 Å². The van der Waals surface area contributed by atoms with E-state index in [0.29, 0.717) is 47.8 Å². The Balaban J connectivity index is 1.42. The second-order valence-electron chi connectivity index (χ2n) is 5.66. The largest absolute Gasteiger partial charge is 0.493 e. The van der Waals surface area contributed by atoms with Gasteiger partial charge < -0.3 is 19.5 Å². The molecule has 138 valence electrons. The zero-order valence-corrected chi connectivity index (χ0v) is 15.9. The molecule has 0 bridgehead atoms. The van der Waals surface area contributed by atoms with Gasteiger partial charge in [-0.15, -0.1) is 11.8 Å². The number of nitrogens with one attached hydrogen (secondary N) is 1. The van der Waals surface area contributed by atoms with E-state index in [9.17, 15) is 4.79 Å². The second kappa shape index (κ2) is 9.05. The fourth-order valence-electron chi connectivity index (χ4n) is 2.36. The number of thioether (sulfide) groups is 1. The minimum atomic E-state index is -0.197. The summed E-state index contributed by atoms with van der Waals surface area (Å²) in [6.07, 6.45) is 0. The molecule has 2 aromatic carbocycles. The van der Waals surface area contributed by atoms with Crippen LogP contribution in [0, 0.1) is 0 Å². The van der Waals surface area contributed by atoms with E-state index in [2.05, 4.69) is 5.32 Å². The molecule has 0 saturated heterocycles. The van der Waals surface area contributed by atoms with Crippen molar-refractivity contribution in [2.24, 2.45) is 0 Å². The highest BCUT2D eigenvalue weighted by Crippen LogP contribution is 2.32. The summed E-state index contributed by atoms with van der Waals surface area (Å²) in [5.41, 5.74) is 0.698. The summed E-state index contributed by atoms with van der Waals surface area (Å²) in [5, 5.41) is 3.39. The molecule has 5 nitrogen and oxygen atoms in total. The summed E-state index contributed by atoms with van der Waals surface area (Å²) in [6, 6.07) is 12.6. The van der Waals surface area contributed by atoms with E-state index in [4.69, 9.17) is 25.8 Å². The van der Waals surface area contributed by atoms with Crippen molar-refractivity contribution < 1.29 is 19.0 Å². The van der Waals surface area contributed by atoms with Crippen molar-refractivity contribution in [2.75, 3.05) is 30.9 Å². The number of carbonyl (C=O) groups is 1. The third-order valence-electron chi connectivity index (χ3n) is 3.71. The molecule has 1 N–H and O–H groups in total. The molecule has 1 heterocycles. The van der Waals surface area contributed by atoms with Crippen molar-refractivity contribution in [1.82, 2.24) is 0 Å². The number of rotatable bonds is 7. The molecule has 0 aliphatic carbocycles. The zero-order chi connectivity index (χ0) is 18.4. The van der Waals surface area contributed by atoms with Crippen LogP contribution in [0.3, 0.4) is 0 Å². The number of benzene rings is 2. The van der Waals surface area contributed by atoms with Gasteiger partial charge in [-0.25, -0.2) is 0 Å². The first-order chi connectivity index (χ1) is 12.6. The first-order valence-corrected chi connectivity index (χ1v) is 9.75. The molecular weight excluding hydrogens is 374 g/mol. The Hall–Kier alpha value is -2.05. The molecular formula is C19H20ClNO4S. The smallest absolute Gasteiger partial charge is 0.237 e. The lowest BCUT2D eigenvalue weighted by atomic mass is 10.2. The van der Waals surface area contributed by atoms with Crippen molar-refractivity contribution in [3.63, 3.8) is 0 Å². The van der Waals surface area contributed by atoms with Crippen LogP contribution in [-0.2, 0) is 4.79 Å². The van der Waals surface area contributed by atoms with E-state index >= 15 is 0 Å². The number of hydrogen-bond donors (Lipinski definition) is 1. The number of fused-ring (bicyclic) bond motifs is 1. The van der Waals surface area contributed by atoms with Gasteiger partial charge in [-0.1, -0.05) is 11.6 Å². The maximum Gasteiger partial charge on any atom is 0.237 e. The second-order valence-corrected chi connectivity index (χ2v) is 7.55. The van der Waals surface area contributed by atoms with Crippen molar-refractivity contribution in [3.05, 3.63) is 47.5 Å². The highest BCUT2D eigenvalue weighted by Gasteiger charge is 2.16. The first-order valence-electron chi connectivity index (χ1n) is 8.32. The lowest BCUT2D eigenvalue weighted by Gasteiger charge is -2.19. The minimum absolute atomic E-state index is 0.0572. The zero-order valence-electron chi connectivity index (χ0n) is 14.4. The van der Waals surface area contributed by atoms with E-state index in [1.54, 1.807) is 18.2 Å². The fourth-order valence-corrected chi connectivity index (χ4v) is 3.23. The van der Waals surface area contributed by atoms with Gasteiger partial charge in [0.25, 0.3) is 0 Å². The van der Waals surface area contributed by atoms with Crippen LogP contribution in [0.15, 0.2) is 42.5 Å². The van der Waals surface area contributed by atoms with Gasteiger partial charge in [0, 0.05) is 22.5 Å². The summed E-state index contributed by atoms with van der Waals surface area (Å²) < 4.78 is 16.6. The van der Waals surface area contributed by atoms with Crippen LogP contribution >= 0.6 is 23.4 Å². The molecule has 0 spiro atoms. The van der Waals surface area contributed by atoms with E-state index in [-0.39, 0.29) is 11.2 Å². The maximum absolute atomic E-state index is 12.3. The molecule has 0 unspecified atom stereocenters. The van der Waals surface area contributed by atoms with Gasteiger partial charge in [-0.05, 0) is 43.3 Å². The third kappa shape index (κ3) is 5.22. The van der Waals surface area contributed by atoms with Crippen LogP contribution in [0.25, 0.3) is 0 Å². The molecule has 0 radical (unpaired) electrons. The van der Waals surface area contributed by atoms with Crippen molar-refractivity contribution in [3.8, 4) is 17.2 Å². The van der Waals surface area contributed by atoms with Gasteiger partial charge in [-0.3, -0.25) is 4.79 Å². The molecule has 2 aromatic rings. The molecule has 1 aliphatic rings.